The summed E-state index contributed by atoms with van der Waals surface area (Å²) in [6, 6.07) is 10.8. The summed E-state index contributed by atoms with van der Waals surface area (Å²) in [6.45, 7) is 4.82. The van der Waals surface area contributed by atoms with Crippen LogP contribution in [0.25, 0.3) is 17.0 Å². The average molecular weight is 469 g/mol. The summed E-state index contributed by atoms with van der Waals surface area (Å²) in [7, 11) is 1.50. The third-order valence-electron chi connectivity index (χ3n) is 5.61. The minimum absolute atomic E-state index is 0.0131. The van der Waals surface area contributed by atoms with Gasteiger partial charge in [0.1, 0.15) is 5.82 Å². The maximum Gasteiger partial charge on any atom is 0.258 e. The van der Waals surface area contributed by atoms with Gasteiger partial charge >= 0.3 is 0 Å². The molecule has 0 spiro atoms. The zero-order valence-corrected chi connectivity index (χ0v) is 19.4. The van der Waals surface area contributed by atoms with Crippen molar-refractivity contribution in [2.45, 2.75) is 32.7 Å². The normalized spacial score (nSPS) is 16.2. The van der Waals surface area contributed by atoms with E-state index in [1.165, 1.54) is 19.2 Å². The number of aromatic nitrogens is 2. The number of hydrogen-bond acceptors (Lipinski definition) is 6. The maximum atomic E-state index is 13.7. The standard InChI is InChI=1S/C24H25FN4O3S/c1-4-5-11-29-14(2)20(23-27-22(28-32-23)16-7-6-8-17(25)12-16)21(26-24(29)33)15-9-10-19(31-3)18(30)13-15/h6-10,12-13,21,30H,4-5,11H2,1-3H3,(H,26,33). The second-order valence-corrected chi connectivity index (χ2v) is 8.14. The maximum absolute atomic E-state index is 13.7. The highest BCUT2D eigenvalue weighted by Gasteiger charge is 2.34. The van der Waals surface area contributed by atoms with Crippen molar-refractivity contribution in [2.24, 2.45) is 0 Å². The Balaban J connectivity index is 1.81. The number of allylic oxidation sites excluding steroid dienone is 1. The molecule has 3 aromatic rings. The molecule has 2 heterocycles. The Morgan fingerprint density at radius 2 is 2.09 bits per heavy atom. The van der Waals surface area contributed by atoms with E-state index in [2.05, 4.69) is 22.4 Å². The predicted octanol–water partition coefficient (Wildman–Crippen LogP) is 5.05. The summed E-state index contributed by atoms with van der Waals surface area (Å²) in [4.78, 5) is 6.58. The number of ether oxygens (including phenoxy) is 1. The monoisotopic (exact) mass is 468 g/mol. The van der Waals surface area contributed by atoms with Gasteiger partial charge in [-0.2, -0.15) is 4.98 Å². The number of thiocarbonyl (C=S) groups is 1. The molecule has 7 nitrogen and oxygen atoms in total. The number of methoxy groups -OCH3 is 1. The first-order valence-corrected chi connectivity index (χ1v) is 11.1. The van der Waals surface area contributed by atoms with Gasteiger partial charge in [-0.3, -0.25) is 0 Å². The Morgan fingerprint density at radius 3 is 2.79 bits per heavy atom. The van der Waals surface area contributed by atoms with E-state index in [0.717, 1.165) is 36.2 Å². The number of nitrogens with one attached hydrogen (secondary N) is 1. The summed E-state index contributed by atoms with van der Waals surface area (Å²) in [5, 5.41) is 18.4. The van der Waals surface area contributed by atoms with Crippen molar-refractivity contribution < 1.29 is 18.8 Å². The van der Waals surface area contributed by atoms with Gasteiger partial charge in [-0.25, -0.2) is 4.39 Å². The van der Waals surface area contributed by atoms with Gasteiger partial charge in [-0.15, -0.1) is 0 Å². The van der Waals surface area contributed by atoms with E-state index in [9.17, 15) is 9.50 Å². The number of unbranched alkanes of at least 4 members (excludes halogenated alkanes) is 1. The summed E-state index contributed by atoms with van der Waals surface area (Å²) in [6.07, 6.45) is 1.97. The highest BCUT2D eigenvalue weighted by molar-refractivity contribution is 7.80. The molecule has 2 N–H and O–H groups in total. The predicted molar refractivity (Wildman–Crippen MR) is 127 cm³/mol. The minimum Gasteiger partial charge on any atom is -0.504 e. The molecule has 1 unspecified atom stereocenters. The van der Waals surface area contributed by atoms with E-state index in [1.807, 2.05) is 17.9 Å². The fraction of sp³-hybridized carbons (Fsp3) is 0.292. The number of hydrogen-bond donors (Lipinski definition) is 2. The molecule has 4 rings (SSSR count). The minimum atomic E-state index is -0.437. The van der Waals surface area contributed by atoms with Gasteiger partial charge in [0, 0.05) is 17.8 Å². The lowest BCUT2D eigenvalue weighted by molar-refractivity contribution is 0.372. The summed E-state index contributed by atoms with van der Waals surface area (Å²) >= 11 is 5.66. The first-order chi connectivity index (χ1) is 15.9. The van der Waals surface area contributed by atoms with Crippen molar-refractivity contribution in [1.29, 1.82) is 0 Å². The van der Waals surface area contributed by atoms with Crippen LogP contribution in [-0.4, -0.2) is 38.9 Å². The fourth-order valence-corrected chi connectivity index (χ4v) is 4.20. The van der Waals surface area contributed by atoms with Crippen LogP contribution in [-0.2, 0) is 0 Å². The number of phenols is 1. The van der Waals surface area contributed by atoms with Crippen molar-refractivity contribution in [3.8, 4) is 22.9 Å². The molecule has 33 heavy (non-hydrogen) atoms. The third-order valence-corrected chi connectivity index (χ3v) is 5.95. The molecule has 2 aromatic carbocycles. The molecular weight excluding hydrogens is 443 g/mol. The lowest BCUT2D eigenvalue weighted by Gasteiger charge is -2.37. The Kier molecular flexibility index (Phi) is 6.60. The molecule has 1 aliphatic heterocycles. The fourth-order valence-electron chi connectivity index (χ4n) is 3.86. The SMILES string of the molecule is CCCCN1C(=S)NC(c2ccc(OC)c(O)c2)C(c2nc(-c3cccc(F)c3)no2)=C1C. The largest absolute Gasteiger partial charge is 0.504 e. The van der Waals surface area contributed by atoms with Crippen LogP contribution in [0.1, 0.15) is 44.2 Å². The van der Waals surface area contributed by atoms with Gasteiger partial charge in [-0.1, -0.05) is 36.7 Å². The molecule has 0 saturated carbocycles. The van der Waals surface area contributed by atoms with Gasteiger partial charge in [-0.05, 0) is 55.4 Å². The Morgan fingerprint density at radius 1 is 1.27 bits per heavy atom. The van der Waals surface area contributed by atoms with Crippen LogP contribution in [0.4, 0.5) is 4.39 Å². The zero-order valence-electron chi connectivity index (χ0n) is 18.6. The van der Waals surface area contributed by atoms with Gasteiger partial charge in [0.05, 0.1) is 18.7 Å². The van der Waals surface area contributed by atoms with Crippen LogP contribution < -0.4 is 10.1 Å². The Hall–Kier alpha value is -3.46. The van der Waals surface area contributed by atoms with Crippen LogP contribution >= 0.6 is 12.2 Å². The molecule has 172 valence electrons. The van der Waals surface area contributed by atoms with Crippen LogP contribution in [0, 0.1) is 5.82 Å². The molecule has 0 fully saturated rings. The molecule has 0 saturated heterocycles. The Labute approximate surface area is 196 Å². The van der Waals surface area contributed by atoms with Gasteiger partial charge < -0.3 is 24.6 Å². The summed E-state index contributed by atoms with van der Waals surface area (Å²) in [5.41, 5.74) is 2.89. The smallest absolute Gasteiger partial charge is 0.258 e. The van der Waals surface area contributed by atoms with Crippen molar-refractivity contribution >= 4 is 22.9 Å². The van der Waals surface area contributed by atoms with E-state index < -0.39 is 6.04 Å². The van der Waals surface area contributed by atoms with E-state index in [4.69, 9.17) is 21.5 Å². The third kappa shape index (κ3) is 4.54. The first kappa shape index (κ1) is 22.7. The second kappa shape index (κ2) is 9.58. The molecule has 9 heteroatoms. The van der Waals surface area contributed by atoms with Crippen LogP contribution in [0.15, 0.2) is 52.7 Å². The summed E-state index contributed by atoms with van der Waals surface area (Å²) in [5.74, 6) is 0.587. The lowest BCUT2D eigenvalue weighted by Crippen LogP contribution is -2.46. The van der Waals surface area contributed by atoms with E-state index in [1.54, 1.807) is 24.3 Å². The van der Waals surface area contributed by atoms with Crippen molar-refractivity contribution in [3.63, 3.8) is 0 Å². The van der Waals surface area contributed by atoms with Gasteiger partial charge in [0.15, 0.2) is 16.6 Å². The van der Waals surface area contributed by atoms with E-state index in [0.29, 0.717) is 22.3 Å². The molecule has 1 aliphatic rings. The quantitative estimate of drug-likeness (QED) is 0.466. The molecule has 0 radical (unpaired) electrons. The topological polar surface area (TPSA) is 83.7 Å². The molecule has 0 amide bonds. The number of benzene rings is 2. The molecular formula is C24H25FN4O3S. The average Bonchev–Trinajstić information content (AvgIpc) is 3.28. The number of halogens is 1. The van der Waals surface area contributed by atoms with E-state index in [-0.39, 0.29) is 17.4 Å². The van der Waals surface area contributed by atoms with Crippen LogP contribution in [0.3, 0.4) is 0 Å². The number of phenolic OH excluding ortho intramolecular Hbond substituents is 1. The van der Waals surface area contributed by atoms with Gasteiger partial charge in [0.2, 0.25) is 5.82 Å². The molecule has 1 aromatic heterocycles. The second-order valence-electron chi connectivity index (χ2n) is 7.75. The first-order valence-electron chi connectivity index (χ1n) is 10.7. The van der Waals surface area contributed by atoms with Crippen molar-refractivity contribution in [1.82, 2.24) is 20.4 Å². The van der Waals surface area contributed by atoms with Crippen LogP contribution in [0.5, 0.6) is 11.5 Å². The van der Waals surface area contributed by atoms with Crippen molar-refractivity contribution in [3.05, 3.63) is 65.4 Å². The van der Waals surface area contributed by atoms with Gasteiger partial charge in [0.25, 0.3) is 5.89 Å². The lowest BCUT2D eigenvalue weighted by atomic mass is 9.94. The van der Waals surface area contributed by atoms with E-state index >= 15 is 0 Å². The zero-order chi connectivity index (χ0) is 23.5. The van der Waals surface area contributed by atoms with Crippen LogP contribution in [0.2, 0.25) is 0 Å². The molecule has 1 atom stereocenters. The number of nitrogens with zero attached hydrogens (tertiary/aromatic N) is 3. The number of aromatic hydroxyl groups is 1. The Bertz CT molecular complexity index is 1210. The molecule has 0 bridgehead atoms. The molecule has 0 aliphatic carbocycles. The summed E-state index contributed by atoms with van der Waals surface area (Å²) < 4.78 is 24.5. The van der Waals surface area contributed by atoms with Crippen molar-refractivity contribution in [2.75, 3.05) is 13.7 Å². The highest BCUT2D eigenvalue weighted by Crippen LogP contribution is 2.39. The number of rotatable bonds is 7. The highest BCUT2D eigenvalue weighted by atomic mass is 32.1.